The molecule has 0 spiro atoms. The van der Waals surface area contributed by atoms with Gasteiger partial charge in [-0.15, -0.1) is 0 Å². The predicted octanol–water partition coefficient (Wildman–Crippen LogP) is 4.69. The molecule has 3 aromatic rings. The smallest absolute Gasteiger partial charge is 0.255 e. The summed E-state index contributed by atoms with van der Waals surface area (Å²) in [4.78, 5) is 27.9. The third-order valence-corrected chi connectivity index (χ3v) is 5.92. The number of likely N-dealkylation sites (tertiary alicyclic amines) is 1. The Balaban J connectivity index is 1.36. The molecule has 2 N–H and O–H groups in total. The molecule has 0 unspecified atom stereocenters. The van der Waals surface area contributed by atoms with E-state index >= 15 is 0 Å². The minimum atomic E-state index is -0.275. The van der Waals surface area contributed by atoms with Gasteiger partial charge >= 0.3 is 0 Å². The molecule has 2 amide bonds. The summed E-state index contributed by atoms with van der Waals surface area (Å²) in [6.07, 6.45) is 4.05. The van der Waals surface area contributed by atoms with E-state index in [2.05, 4.69) is 22.5 Å². The van der Waals surface area contributed by atoms with E-state index < -0.39 is 0 Å². The summed E-state index contributed by atoms with van der Waals surface area (Å²) < 4.78 is 5.25. The van der Waals surface area contributed by atoms with Crippen molar-refractivity contribution in [1.29, 1.82) is 0 Å². The first-order valence-corrected chi connectivity index (χ1v) is 11.1. The van der Waals surface area contributed by atoms with Crippen LogP contribution in [0.2, 0.25) is 0 Å². The van der Waals surface area contributed by atoms with E-state index in [0.717, 1.165) is 25.6 Å². The first-order valence-electron chi connectivity index (χ1n) is 11.1. The average Bonchev–Trinajstić information content (AvgIpc) is 3.33. The average molecular weight is 432 g/mol. The van der Waals surface area contributed by atoms with Crippen molar-refractivity contribution >= 4 is 17.5 Å². The number of amides is 2. The highest BCUT2D eigenvalue weighted by Crippen LogP contribution is 2.19. The van der Waals surface area contributed by atoms with Gasteiger partial charge in [0.2, 0.25) is 0 Å². The number of para-hydroxylation sites is 1. The number of nitrogens with zero attached hydrogens (tertiary/aromatic N) is 1. The van der Waals surface area contributed by atoms with Crippen molar-refractivity contribution in [3.05, 3.63) is 89.4 Å². The van der Waals surface area contributed by atoms with E-state index in [1.54, 1.807) is 42.7 Å². The second-order valence-corrected chi connectivity index (χ2v) is 8.42. The molecule has 32 heavy (non-hydrogen) atoms. The molecule has 0 radical (unpaired) electrons. The summed E-state index contributed by atoms with van der Waals surface area (Å²) in [7, 11) is 0. The van der Waals surface area contributed by atoms with Crippen LogP contribution in [0.25, 0.3) is 0 Å². The maximum absolute atomic E-state index is 12.8. The van der Waals surface area contributed by atoms with E-state index in [9.17, 15) is 9.59 Å². The lowest BCUT2D eigenvalue weighted by atomic mass is 9.99. The lowest BCUT2D eigenvalue weighted by Crippen LogP contribution is -2.32. The molecule has 0 aliphatic carbocycles. The van der Waals surface area contributed by atoms with Gasteiger partial charge in [0.15, 0.2) is 0 Å². The first kappa shape index (κ1) is 21.8. The third kappa shape index (κ3) is 5.65. The van der Waals surface area contributed by atoms with Gasteiger partial charge in [0, 0.05) is 12.1 Å². The van der Waals surface area contributed by atoms with Crippen LogP contribution in [0.5, 0.6) is 0 Å². The maximum atomic E-state index is 12.8. The van der Waals surface area contributed by atoms with E-state index in [0.29, 0.717) is 22.6 Å². The summed E-state index contributed by atoms with van der Waals surface area (Å²) in [6, 6.07) is 18.3. The number of benzene rings is 2. The highest BCUT2D eigenvalue weighted by Gasteiger charge is 2.17. The number of rotatable bonds is 7. The predicted molar refractivity (Wildman–Crippen MR) is 124 cm³/mol. The molecular formula is C26H29N3O3. The molecule has 1 fully saturated rings. The zero-order valence-electron chi connectivity index (χ0n) is 18.3. The SMILES string of the molecule is CC1CCN(Cc2ccc(C(=O)Nc3ccccc3C(=O)NCc3ccco3)cc2)CC1. The Morgan fingerprint density at radius 1 is 0.969 bits per heavy atom. The van der Waals surface area contributed by atoms with Gasteiger partial charge < -0.3 is 15.1 Å². The Hall–Kier alpha value is -3.38. The Labute approximate surface area is 188 Å². The van der Waals surface area contributed by atoms with Crippen molar-refractivity contribution in [2.24, 2.45) is 5.92 Å². The topological polar surface area (TPSA) is 74.6 Å². The number of piperidine rings is 1. The fourth-order valence-electron chi connectivity index (χ4n) is 3.90. The molecule has 0 bridgehead atoms. The Bertz CT molecular complexity index is 1040. The van der Waals surface area contributed by atoms with Crippen molar-refractivity contribution in [2.75, 3.05) is 18.4 Å². The molecule has 6 nitrogen and oxygen atoms in total. The zero-order chi connectivity index (χ0) is 22.3. The zero-order valence-corrected chi connectivity index (χ0v) is 18.3. The van der Waals surface area contributed by atoms with Crippen LogP contribution in [0.1, 0.15) is 51.8 Å². The molecule has 0 atom stereocenters. The van der Waals surface area contributed by atoms with Crippen molar-refractivity contribution in [2.45, 2.75) is 32.9 Å². The van der Waals surface area contributed by atoms with Crippen LogP contribution in [0, 0.1) is 5.92 Å². The first-order chi connectivity index (χ1) is 15.6. The minimum Gasteiger partial charge on any atom is -0.467 e. The maximum Gasteiger partial charge on any atom is 0.255 e. The quantitative estimate of drug-likeness (QED) is 0.569. The van der Waals surface area contributed by atoms with Crippen LogP contribution in [0.4, 0.5) is 5.69 Å². The Kier molecular flexibility index (Phi) is 7.02. The van der Waals surface area contributed by atoms with Crippen molar-refractivity contribution < 1.29 is 14.0 Å². The molecule has 1 saturated heterocycles. The van der Waals surface area contributed by atoms with Crippen molar-refractivity contribution in [3.8, 4) is 0 Å². The summed E-state index contributed by atoms with van der Waals surface area (Å²) in [6.45, 7) is 5.76. The molecule has 2 heterocycles. The molecule has 4 rings (SSSR count). The van der Waals surface area contributed by atoms with Crippen LogP contribution in [-0.2, 0) is 13.1 Å². The Morgan fingerprint density at radius 2 is 1.72 bits per heavy atom. The van der Waals surface area contributed by atoms with Gasteiger partial charge in [-0.25, -0.2) is 0 Å². The molecule has 6 heteroatoms. The molecular weight excluding hydrogens is 402 g/mol. The number of nitrogens with one attached hydrogen (secondary N) is 2. The van der Waals surface area contributed by atoms with Crippen LogP contribution in [0.15, 0.2) is 71.3 Å². The number of hydrogen-bond acceptors (Lipinski definition) is 4. The largest absolute Gasteiger partial charge is 0.467 e. The molecule has 1 aromatic heterocycles. The van der Waals surface area contributed by atoms with Crippen LogP contribution >= 0.6 is 0 Å². The second-order valence-electron chi connectivity index (χ2n) is 8.42. The van der Waals surface area contributed by atoms with Crippen LogP contribution < -0.4 is 10.6 Å². The van der Waals surface area contributed by atoms with Gasteiger partial charge in [-0.05, 0) is 73.8 Å². The number of hydrogen-bond donors (Lipinski definition) is 2. The molecule has 1 aliphatic heterocycles. The molecule has 166 valence electrons. The molecule has 1 aliphatic rings. The van der Waals surface area contributed by atoms with Crippen LogP contribution in [0.3, 0.4) is 0 Å². The van der Waals surface area contributed by atoms with Gasteiger partial charge in [0.25, 0.3) is 11.8 Å². The van der Waals surface area contributed by atoms with Crippen molar-refractivity contribution in [1.82, 2.24) is 10.2 Å². The summed E-state index contributed by atoms with van der Waals surface area (Å²) in [5.41, 5.74) is 2.64. The lowest BCUT2D eigenvalue weighted by Gasteiger charge is -2.30. The Morgan fingerprint density at radius 3 is 2.44 bits per heavy atom. The number of anilines is 1. The van der Waals surface area contributed by atoms with E-state index in [1.807, 2.05) is 24.3 Å². The summed E-state index contributed by atoms with van der Waals surface area (Å²) >= 11 is 0. The minimum absolute atomic E-state index is 0.241. The summed E-state index contributed by atoms with van der Waals surface area (Å²) in [5, 5.41) is 5.69. The second kappa shape index (κ2) is 10.3. The van der Waals surface area contributed by atoms with Gasteiger partial charge in [0.05, 0.1) is 24.1 Å². The monoisotopic (exact) mass is 431 g/mol. The third-order valence-electron chi connectivity index (χ3n) is 5.92. The highest BCUT2D eigenvalue weighted by atomic mass is 16.3. The molecule has 0 saturated carbocycles. The van der Waals surface area contributed by atoms with E-state index in [-0.39, 0.29) is 18.4 Å². The number of carbonyl (C=O) groups is 2. The lowest BCUT2D eigenvalue weighted by molar-refractivity contribution is 0.0949. The summed E-state index contributed by atoms with van der Waals surface area (Å²) in [5.74, 6) is 0.963. The van der Waals surface area contributed by atoms with Gasteiger partial charge in [0.1, 0.15) is 5.76 Å². The van der Waals surface area contributed by atoms with Gasteiger partial charge in [-0.3, -0.25) is 14.5 Å². The molecule has 2 aromatic carbocycles. The van der Waals surface area contributed by atoms with Crippen LogP contribution in [-0.4, -0.2) is 29.8 Å². The highest BCUT2D eigenvalue weighted by molar-refractivity contribution is 6.09. The number of carbonyl (C=O) groups excluding carboxylic acids is 2. The van der Waals surface area contributed by atoms with Gasteiger partial charge in [-0.1, -0.05) is 31.2 Å². The van der Waals surface area contributed by atoms with Gasteiger partial charge in [-0.2, -0.15) is 0 Å². The number of furan rings is 1. The van der Waals surface area contributed by atoms with E-state index in [1.165, 1.54) is 18.4 Å². The fraction of sp³-hybridized carbons (Fsp3) is 0.308. The fourth-order valence-corrected chi connectivity index (χ4v) is 3.90. The van der Waals surface area contributed by atoms with E-state index in [4.69, 9.17) is 4.42 Å². The standard InChI is InChI=1S/C26H29N3O3/c1-19-12-14-29(15-13-19)18-20-8-10-21(11-9-20)25(30)28-24-7-3-2-6-23(24)26(31)27-17-22-5-4-16-32-22/h2-11,16,19H,12-15,17-18H2,1H3,(H,27,31)(H,28,30). The van der Waals surface area contributed by atoms with Crippen molar-refractivity contribution in [3.63, 3.8) is 0 Å². The normalized spacial score (nSPS) is 14.8.